The number of hydrogen-bond donors (Lipinski definition) is 1. The Bertz CT molecular complexity index is 527. The van der Waals surface area contributed by atoms with Gasteiger partial charge in [-0.05, 0) is 18.2 Å². The van der Waals surface area contributed by atoms with Gasteiger partial charge in [0.15, 0.2) is 0 Å². The first-order valence-corrected chi connectivity index (χ1v) is 6.26. The quantitative estimate of drug-likeness (QED) is 0.915. The van der Waals surface area contributed by atoms with Crippen LogP contribution >= 0.6 is 11.6 Å². The van der Waals surface area contributed by atoms with Gasteiger partial charge in [0.2, 0.25) is 0 Å². The van der Waals surface area contributed by atoms with Crippen molar-refractivity contribution >= 4 is 23.3 Å². The van der Waals surface area contributed by atoms with Crippen molar-refractivity contribution in [3.63, 3.8) is 0 Å². The SMILES string of the molecule is N#Cc1cc(Cl)ccc1N1CCOC(CC(=O)O)C1. The highest BCUT2D eigenvalue weighted by atomic mass is 35.5. The van der Waals surface area contributed by atoms with Crippen molar-refractivity contribution in [3.8, 4) is 6.07 Å². The Morgan fingerprint density at radius 1 is 1.63 bits per heavy atom. The molecule has 0 radical (unpaired) electrons. The summed E-state index contributed by atoms with van der Waals surface area (Å²) in [5.41, 5.74) is 1.26. The number of ether oxygens (including phenoxy) is 1. The molecule has 0 amide bonds. The van der Waals surface area contributed by atoms with Gasteiger partial charge in [0, 0.05) is 18.1 Å². The summed E-state index contributed by atoms with van der Waals surface area (Å²) < 4.78 is 5.41. The van der Waals surface area contributed by atoms with E-state index < -0.39 is 5.97 Å². The Labute approximate surface area is 116 Å². The predicted octanol–water partition coefficient (Wildman–Crippen LogP) is 1.89. The summed E-state index contributed by atoms with van der Waals surface area (Å²) in [6.07, 6.45) is -0.389. The second-order valence-electron chi connectivity index (χ2n) is 4.31. The van der Waals surface area contributed by atoms with Crippen LogP contribution in [0.3, 0.4) is 0 Å². The van der Waals surface area contributed by atoms with E-state index in [2.05, 4.69) is 6.07 Å². The molecule has 1 aliphatic rings. The third-order valence-corrected chi connectivity index (χ3v) is 3.20. The summed E-state index contributed by atoms with van der Waals surface area (Å²) in [5.74, 6) is -0.886. The first-order valence-electron chi connectivity index (χ1n) is 5.88. The number of halogens is 1. The summed E-state index contributed by atoms with van der Waals surface area (Å²) >= 11 is 5.86. The zero-order valence-electron chi connectivity index (χ0n) is 10.2. The minimum atomic E-state index is -0.886. The standard InChI is InChI=1S/C13H13ClN2O3/c14-10-1-2-12(9(5-10)7-15)16-3-4-19-11(8-16)6-13(17)18/h1-2,5,11H,3-4,6,8H2,(H,17,18). The molecule has 1 heterocycles. The van der Waals surface area contributed by atoms with Gasteiger partial charge in [-0.2, -0.15) is 5.26 Å². The second kappa shape index (κ2) is 5.91. The molecule has 1 unspecified atom stereocenters. The number of nitrogens with zero attached hydrogens (tertiary/aromatic N) is 2. The van der Waals surface area contributed by atoms with Gasteiger partial charge in [0.1, 0.15) is 6.07 Å². The van der Waals surface area contributed by atoms with Crippen LogP contribution in [0.15, 0.2) is 18.2 Å². The molecule has 5 nitrogen and oxygen atoms in total. The van der Waals surface area contributed by atoms with E-state index in [4.69, 9.17) is 26.7 Å². The van der Waals surface area contributed by atoms with Gasteiger partial charge in [-0.25, -0.2) is 0 Å². The zero-order valence-corrected chi connectivity index (χ0v) is 10.9. The lowest BCUT2D eigenvalue weighted by atomic mass is 10.1. The van der Waals surface area contributed by atoms with E-state index in [1.165, 1.54) is 0 Å². The molecule has 1 N–H and O–H groups in total. The predicted molar refractivity (Wildman–Crippen MR) is 70.4 cm³/mol. The van der Waals surface area contributed by atoms with Gasteiger partial charge < -0.3 is 14.7 Å². The van der Waals surface area contributed by atoms with Crippen LogP contribution in [0.25, 0.3) is 0 Å². The number of benzene rings is 1. The van der Waals surface area contributed by atoms with Crippen molar-refractivity contribution < 1.29 is 14.6 Å². The number of anilines is 1. The lowest BCUT2D eigenvalue weighted by Gasteiger charge is -2.34. The number of nitriles is 1. The van der Waals surface area contributed by atoms with Crippen LogP contribution in [0.2, 0.25) is 5.02 Å². The van der Waals surface area contributed by atoms with Crippen LogP contribution in [0.4, 0.5) is 5.69 Å². The molecule has 1 saturated heterocycles. The van der Waals surface area contributed by atoms with Gasteiger partial charge in [0.05, 0.1) is 30.4 Å². The van der Waals surface area contributed by atoms with Crippen molar-refractivity contribution in [2.75, 3.05) is 24.6 Å². The molecule has 100 valence electrons. The molecule has 6 heteroatoms. The third kappa shape index (κ3) is 3.37. The molecule has 0 saturated carbocycles. The highest BCUT2D eigenvalue weighted by Gasteiger charge is 2.24. The van der Waals surface area contributed by atoms with Crippen molar-refractivity contribution in [1.29, 1.82) is 5.26 Å². The monoisotopic (exact) mass is 280 g/mol. The van der Waals surface area contributed by atoms with E-state index in [1.54, 1.807) is 18.2 Å². The molecule has 0 bridgehead atoms. The van der Waals surface area contributed by atoms with Gasteiger partial charge in [-0.3, -0.25) is 4.79 Å². The number of carboxylic acid groups (broad SMARTS) is 1. The van der Waals surface area contributed by atoms with E-state index in [0.29, 0.717) is 30.3 Å². The fourth-order valence-corrected chi connectivity index (χ4v) is 2.30. The molecule has 0 spiro atoms. The molecular formula is C13H13ClN2O3. The molecule has 1 aliphatic heterocycles. The lowest BCUT2D eigenvalue weighted by molar-refractivity contribution is -0.140. The maximum atomic E-state index is 10.7. The van der Waals surface area contributed by atoms with Gasteiger partial charge in [-0.1, -0.05) is 11.6 Å². The number of morpholine rings is 1. The lowest BCUT2D eigenvalue weighted by Crippen LogP contribution is -2.43. The maximum absolute atomic E-state index is 10.7. The molecule has 0 aliphatic carbocycles. The van der Waals surface area contributed by atoms with Crippen molar-refractivity contribution in [1.82, 2.24) is 0 Å². The van der Waals surface area contributed by atoms with Gasteiger partial charge in [0.25, 0.3) is 0 Å². The van der Waals surface area contributed by atoms with E-state index in [1.807, 2.05) is 4.90 Å². The molecule has 1 aromatic carbocycles. The minimum absolute atomic E-state index is 0.0357. The topological polar surface area (TPSA) is 73.6 Å². The molecule has 0 aromatic heterocycles. The maximum Gasteiger partial charge on any atom is 0.306 e. The van der Waals surface area contributed by atoms with Gasteiger partial charge >= 0.3 is 5.97 Å². The Kier molecular flexibility index (Phi) is 4.25. The summed E-state index contributed by atoms with van der Waals surface area (Å²) in [4.78, 5) is 12.7. The summed E-state index contributed by atoms with van der Waals surface area (Å²) in [6, 6.07) is 7.22. The number of carboxylic acids is 1. The van der Waals surface area contributed by atoms with Crippen molar-refractivity contribution in [2.24, 2.45) is 0 Å². The summed E-state index contributed by atoms with van der Waals surface area (Å²) in [7, 11) is 0. The van der Waals surface area contributed by atoms with Crippen LogP contribution in [0, 0.1) is 11.3 Å². The fourth-order valence-electron chi connectivity index (χ4n) is 2.13. The smallest absolute Gasteiger partial charge is 0.306 e. The van der Waals surface area contributed by atoms with Crippen LogP contribution in [0.1, 0.15) is 12.0 Å². The molecule has 2 rings (SSSR count). The number of carbonyl (C=O) groups is 1. The van der Waals surface area contributed by atoms with Crippen LogP contribution in [-0.2, 0) is 9.53 Å². The molecule has 1 atom stereocenters. The molecule has 19 heavy (non-hydrogen) atoms. The summed E-state index contributed by atoms with van der Waals surface area (Å²) in [5, 5.41) is 18.4. The second-order valence-corrected chi connectivity index (χ2v) is 4.75. The average Bonchev–Trinajstić information content (AvgIpc) is 2.38. The van der Waals surface area contributed by atoms with Crippen LogP contribution < -0.4 is 4.90 Å². The first-order chi connectivity index (χ1) is 9.10. The third-order valence-electron chi connectivity index (χ3n) is 2.96. The average molecular weight is 281 g/mol. The highest BCUT2D eigenvalue weighted by molar-refractivity contribution is 6.30. The largest absolute Gasteiger partial charge is 0.481 e. The van der Waals surface area contributed by atoms with Crippen LogP contribution in [-0.4, -0.2) is 36.9 Å². The Hall–Kier alpha value is -1.77. The zero-order chi connectivity index (χ0) is 13.8. The molecular weight excluding hydrogens is 268 g/mol. The number of hydrogen-bond acceptors (Lipinski definition) is 4. The van der Waals surface area contributed by atoms with Crippen molar-refractivity contribution in [2.45, 2.75) is 12.5 Å². The van der Waals surface area contributed by atoms with Crippen molar-refractivity contribution in [3.05, 3.63) is 28.8 Å². The molecule has 1 fully saturated rings. The fraction of sp³-hybridized carbons (Fsp3) is 0.385. The summed E-state index contributed by atoms with van der Waals surface area (Å²) in [6.45, 7) is 1.54. The van der Waals surface area contributed by atoms with E-state index >= 15 is 0 Å². The minimum Gasteiger partial charge on any atom is -0.481 e. The number of rotatable bonds is 3. The number of aliphatic carboxylic acids is 1. The van der Waals surface area contributed by atoms with Gasteiger partial charge in [-0.15, -0.1) is 0 Å². The van der Waals surface area contributed by atoms with E-state index in [-0.39, 0.29) is 12.5 Å². The Morgan fingerprint density at radius 2 is 2.42 bits per heavy atom. The van der Waals surface area contributed by atoms with Crippen LogP contribution in [0.5, 0.6) is 0 Å². The first kappa shape index (κ1) is 13.7. The van der Waals surface area contributed by atoms with E-state index in [0.717, 1.165) is 5.69 Å². The molecule has 1 aromatic rings. The Morgan fingerprint density at radius 3 is 3.11 bits per heavy atom. The normalized spacial score (nSPS) is 18.9. The Balaban J connectivity index is 2.17. The van der Waals surface area contributed by atoms with E-state index in [9.17, 15) is 4.79 Å². The highest BCUT2D eigenvalue weighted by Crippen LogP contribution is 2.25.